The van der Waals surface area contributed by atoms with Crippen molar-refractivity contribution >= 4 is 5.91 Å². The molecule has 0 aliphatic heterocycles. The van der Waals surface area contributed by atoms with Crippen molar-refractivity contribution in [3.8, 4) is 0 Å². The maximum atomic E-state index is 13.0. The summed E-state index contributed by atoms with van der Waals surface area (Å²) in [7, 11) is 4.02. The lowest BCUT2D eigenvalue weighted by Crippen LogP contribution is -2.34. The minimum atomic E-state index is -0.0623. The quantitative estimate of drug-likeness (QED) is 0.805. The highest BCUT2D eigenvalue weighted by Gasteiger charge is 2.30. The Hall–Kier alpha value is -2.07. The third-order valence-corrected chi connectivity index (χ3v) is 5.19. The Bertz CT molecular complexity index is 687. The van der Waals surface area contributed by atoms with E-state index in [9.17, 15) is 4.79 Å². The molecule has 4 heteroatoms. The molecule has 26 heavy (non-hydrogen) atoms. The summed E-state index contributed by atoms with van der Waals surface area (Å²) in [5.41, 5.74) is 1.13. The molecule has 4 nitrogen and oxygen atoms in total. The lowest BCUT2D eigenvalue weighted by atomic mass is 9.76. The molecule has 0 spiro atoms. The molecule has 0 bridgehead atoms. The molecule has 1 aliphatic carbocycles. The van der Waals surface area contributed by atoms with Crippen LogP contribution in [-0.4, -0.2) is 24.9 Å². The SMILES string of the molecule is CN(C)Cc1ccc(CNC(=O)[C@@H](c2ccccc2)C2CCCCC2)o1. The van der Waals surface area contributed by atoms with Crippen LogP contribution in [-0.2, 0) is 17.9 Å². The molecule has 1 aliphatic rings. The van der Waals surface area contributed by atoms with E-state index in [1.54, 1.807) is 0 Å². The number of amides is 1. The summed E-state index contributed by atoms with van der Waals surface area (Å²) in [4.78, 5) is 15.1. The Labute approximate surface area is 156 Å². The summed E-state index contributed by atoms with van der Waals surface area (Å²) in [6.07, 6.45) is 6.03. The van der Waals surface area contributed by atoms with Gasteiger partial charge in [0.25, 0.3) is 0 Å². The minimum absolute atomic E-state index is 0.0623. The molecular formula is C22H30N2O2. The summed E-state index contributed by atoms with van der Waals surface area (Å²) in [6, 6.07) is 14.2. The molecule has 3 rings (SSSR count). The zero-order chi connectivity index (χ0) is 18.4. The predicted molar refractivity (Wildman–Crippen MR) is 104 cm³/mol. The number of nitrogens with one attached hydrogen (secondary N) is 1. The largest absolute Gasteiger partial charge is 0.463 e. The van der Waals surface area contributed by atoms with Gasteiger partial charge in [0.1, 0.15) is 11.5 Å². The van der Waals surface area contributed by atoms with Gasteiger partial charge in [0.2, 0.25) is 5.91 Å². The Kier molecular flexibility index (Phi) is 6.51. The average Bonchev–Trinajstić information content (AvgIpc) is 3.09. The van der Waals surface area contributed by atoms with Gasteiger partial charge in [-0.25, -0.2) is 0 Å². The number of benzene rings is 1. The molecular weight excluding hydrogens is 324 g/mol. The van der Waals surface area contributed by atoms with E-state index in [4.69, 9.17) is 4.42 Å². The van der Waals surface area contributed by atoms with Crippen molar-refractivity contribution < 1.29 is 9.21 Å². The Balaban J connectivity index is 1.66. The molecule has 0 unspecified atom stereocenters. The Morgan fingerprint density at radius 1 is 1.08 bits per heavy atom. The monoisotopic (exact) mass is 354 g/mol. The van der Waals surface area contributed by atoms with Crippen LogP contribution in [0.2, 0.25) is 0 Å². The van der Waals surface area contributed by atoms with Gasteiger partial charge in [-0.05, 0) is 50.6 Å². The van der Waals surface area contributed by atoms with E-state index in [1.807, 2.05) is 44.4 Å². The molecule has 1 fully saturated rings. The first-order chi connectivity index (χ1) is 12.6. The van der Waals surface area contributed by atoms with Crippen molar-refractivity contribution in [2.75, 3.05) is 14.1 Å². The van der Waals surface area contributed by atoms with Crippen LogP contribution in [0.3, 0.4) is 0 Å². The van der Waals surface area contributed by atoms with Crippen LogP contribution in [0, 0.1) is 5.92 Å². The molecule has 2 aromatic rings. The van der Waals surface area contributed by atoms with E-state index in [0.717, 1.165) is 36.5 Å². The first-order valence-corrected chi connectivity index (χ1v) is 9.68. The van der Waals surface area contributed by atoms with Gasteiger partial charge in [-0.2, -0.15) is 0 Å². The van der Waals surface area contributed by atoms with Gasteiger partial charge >= 0.3 is 0 Å². The number of hydrogen-bond acceptors (Lipinski definition) is 3. The van der Waals surface area contributed by atoms with Gasteiger partial charge in [-0.1, -0.05) is 49.6 Å². The third-order valence-electron chi connectivity index (χ3n) is 5.19. The molecule has 1 aromatic heterocycles. The van der Waals surface area contributed by atoms with Crippen LogP contribution < -0.4 is 5.32 Å². The second kappa shape index (κ2) is 9.04. The molecule has 1 N–H and O–H groups in total. The van der Waals surface area contributed by atoms with E-state index >= 15 is 0 Å². The maximum absolute atomic E-state index is 13.0. The molecule has 1 amide bonds. The van der Waals surface area contributed by atoms with Crippen molar-refractivity contribution in [2.24, 2.45) is 5.92 Å². The molecule has 1 aromatic carbocycles. The molecule has 140 valence electrons. The number of hydrogen-bond donors (Lipinski definition) is 1. The molecule has 1 saturated carbocycles. The number of furan rings is 1. The van der Waals surface area contributed by atoms with Gasteiger partial charge in [0.15, 0.2) is 0 Å². The van der Waals surface area contributed by atoms with Crippen molar-refractivity contribution in [1.29, 1.82) is 0 Å². The van der Waals surface area contributed by atoms with Crippen LogP contribution in [0.4, 0.5) is 0 Å². The van der Waals surface area contributed by atoms with Crippen molar-refractivity contribution in [3.63, 3.8) is 0 Å². The van der Waals surface area contributed by atoms with Crippen LogP contribution >= 0.6 is 0 Å². The number of rotatable bonds is 7. The van der Waals surface area contributed by atoms with Crippen LogP contribution in [0.5, 0.6) is 0 Å². The first-order valence-electron chi connectivity index (χ1n) is 9.68. The lowest BCUT2D eigenvalue weighted by Gasteiger charge is -2.29. The highest BCUT2D eigenvalue weighted by Crippen LogP contribution is 2.36. The Morgan fingerprint density at radius 2 is 1.77 bits per heavy atom. The third kappa shape index (κ3) is 4.98. The first kappa shape index (κ1) is 18.7. The fraction of sp³-hybridized carbons (Fsp3) is 0.500. The van der Waals surface area contributed by atoms with Crippen molar-refractivity contribution in [1.82, 2.24) is 10.2 Å². The second-order valence-corrected chi connectivity index (χ2v) is 7.61. The fourth-order valence-electron chi connectivity index (χ4n) is 3.96. The molecule has 1 heterocycles. The number of carbonyl (C=O) groups is 1. The van der Waals surface area contributed by atoms with Crippen LogP contribution in [0.1, 0.15) is 55.1 Å². The van der Waals surface area contributed by atoms with E-state index in [1.165, 1.54) is 19.3 Å². The molecule has 1 atom stereocenters. The normalized spacial score (nSPS) is 16.6. The summed E-state index contributed by atoms with van der Waals surface area (Å²) in [5, 5.41) is 3.12. The van der Waals surface area contributed by atoms with Crippen molar-refractivity contribution in [3.05, 3.63) is 59.5 Å². The number of carbonyl (C=O) groups excluding carboxylic acids is 1. The molecule has 0 saturated heterocycles. The number of nitrogens with zero attached hydrogens (tertiary/aromatic N) is 1. The van der Waals surface area contributed by atoms with E-state index in [2.05, 4.69) is 22.3 Å². The summed E-state index contributed by atoms with van der Waals surface area (Å²) in [6.45, 7) is 1.21. The Morgan fingerprint density at radius 3 is 2.46 bits per heavy atom. The molecule has 0 radical (unpaired) electrons. The highest BCUT2D eigenvalue weighted by molar-refractivity contribution is 5.84. The predicted octanol–water partition coefficient (Wildman–Crippen LogP) is 4.32. The van der Waals surface area contributed by atoms with Crippen LogP contribution in [0.25, 0.3) is 0 Å². The lowest BCUT2D eigenvalue weighted by molar-refractivity contribution is -0.124. The van der Waals surface area contributed by atoms with Gasteiger partial charge in [-0.15, -0.1) is 0 Å². The minimum Gasteiger partial charge on any atom is -0.463 e. The maximum Gasteiger partial charge on any atom is 0.228 e. The smallest absolute Gasteiger partial charge is 0.228 e. The second-order valence-electron chi connectivity index (χ2n) is 7.61. The van der Waals surface area contributed by atoms with E-state index in [-0.39, 0.29) is 11.8 Å². The zero-order valence-electron chi connectivity index (χ0n) is 15.9. The summed E-state index contributed by atoms with van der Waals surface area (Å²) in [5.74, 6) is 2.23. The van der Waals surface area contributed by atoms with Gasteiger partial charge in [0, 0.05) is 0 Å². The average molecular weight is 354 g/mol. The van der Waals surface area contributed by atoms with Crippen LogP contribution in [0.15, 0.2) is 46.9 Å². The standard InChI is InChI=1S/C22H30N2O2/c1-24(2)16-20-14-13-19(26-20)15-23-22(25)21(17-9-5-3-6-10-17)18-11-7-4-8-12-18/h3,5-6,9-10,13-14,18,21H,4,7-8,11-12,15-16H2,1-2H3,(H,23,25)/t21-/m0/s1. The summed E-state index contributed by atoms with van der Waals surface area (Å²) < 4.78 is 5.82. The van der Waals surface area contributed by atoms with E-state index < -0.39 is 0 Å². The fourth-order valence-corrected chi connectivity index (χ4v) is 3.96. The van der Waals surface area contributed by atoms with Gasteiger partial charge < -0.3 is 14.6 Å². The van der Waals surface area contributed by atoms with E-state index in [0.29, 0.717) is 12.5 Å². The highest BCUT2D eigenvalue weighted by atomic mass is 16.3. The topological polar surface area (TPSA) is 45.5 Å². The zero-order valence-corrected chi connectivity index (χ0v) is 15.9. The van der Waals surface area contributed by atoms with Gasteiger partial charge in [-0.3, -0.25) is 4.79 Å². The van der Waals surface area contributed by atoms with Gasteiger partial charge in [0.05, 0.1) is 19.0 Å². The summed E-state index contributed by atoms with van der Waals surface area (Å²) >= 11 is 0. The van der Waals surface area contributed by atoms with Crippen molar-refractivity contribution in [2.45, 2.75) is 51.1 Å².